The lowest BCUT2D eigenvalue weighted by molar-refractivity contribution is 0.0272. The topological polar surface area (TPSA) is 48.9 Å². The van der Waals surface area contributed by atoms with Crippen LogP contribution in [0.4, 0.5) is 0 Å². The van der Waals surface area contributed by atoms with Gasteiger partial charge in [0.05, 0.1) is 28.5 Å². The van der Waals surface area contributed by atoms with Crippen LogP contribution in [0.1, 0.15) is 27.3 Å². The van der Waals surface area contributed by atoms with Crippen LogP contribution in [0.2, 0.25) is 0 Å². The van der Waals surface area contributed by atoms with E-state index in [4.69, 9.17) is 0 Å². The number of rotatable bonds is 6. The molecule has 5 heteroatoms. The van der Waals surface area contributed by atoms with Gasteiger partial charge in [0.2, 0.25) is 0 Å². The van der Waals surface area contributed by atoms with Crippen LogP contribution in [0.15, 0.2) is 119 Å². The molecule has 0 fully saturated rings. The molecule has 0 aliphatic carbocycles. The van der Waals surface area contributed by atoms with Crippen molar-refractivity contribution < 1.29 is 5.11 Å². The Hall–Kier alpha value is -2.99. The van der Waals surface area contributed by atoms with Gasteiger partial charge in [0, 0.05) is 4.47 Å². The standard InChI is InChI=1S/C27H21BrN2OS/c28-23-16-17-32-25(23)27(31,24-18-29-19-30-24)26(20-10-4-1-5-11-20,21-12-6-2-7-13-21)22-14-8-3-9-15-22/h1-19,31H,(H,29,30). The van der Waals surface area contributed by atoms with Gasteiger partial charge in [-0.3, -0.25) is 0 Å². The molecule has 0 radical (unpaired) electrons. The predicted octanol–water partition coefficient (Wildman–Crippen LogP) is 6.50. The molecule has 158 valence electrons. The fourth-order valence-corrected chi connectivity index (χ4v) is 6.52. The number of nitrogens with one attached hydrogen (secondary N) is 1. The third kappa shape index (κ3) is 3.08. The third-order valence-electron chi connectivity index (χ3n) is 6.00. The van der Waals surface area contributed by atoms with E-state index < -0.39 is 11.0 Å². The van der Waals surface area contributed by atoms with E-state index >= 15 is 0 Å². The van der Waals surface area contributed by atoms with E-state index in [1.807, 2.05) is 66.0 Å². The quantitative estimate of drug-likeness (QED) is 0.261. The fraction of sp³-hybridized carbons (Fsp3) is 0.0741. The van der Waals surface area contributed by atoms with Gasteiger partial charge >= 0.3 is 0 Å². The van der Waals surface area contributed by atoms with Crippen LogP contribution in [0.25, 0.3) is 0 Å². The molecule has 0 amide bonds. The Morgan fingerprint density at radius 1 is 0.750 bits per heavy atom. The third-order valence-corrected chi connectivity index (χ3v) is 7.94. The molecule has 1 unspecified atom stereocenters. The second-order valence-corrected chi connectivity index (χ2v) is 9.39. The maximum atomic E-state index is 13.1. The highest BCUT2D eigenvalue weighted by molar-refractivity contribution is 9.10. The molecule has 3 nitrogen and oxygen atoms in total. The van der Waals surface area contributed by atoms with Crippen molar-refractivity contribution in [3.8, 4) is 0 Å². The first kappa shape index (κ1) is 20.9. The number of aliphatic hydroxyl groups is 1. The first-order chi connectivity index (χ1) is 15.7. The van der Waals surface area contributed by atoms with Crippen LogP contribution < -0.4 is 0 Å². The van der Waals surface area contributed by atoms with Crippen LogP contribution in [0, 0.1) is 0 Å². The number of hydrogen-bond acceptors (Lipinski definition) is 3. The number of imidazole rings is 1. The second-order valence-electron chi connectivity index (χ2n) is 7.62. The smallest absolute Gasteiger partial charge is 0.159 e. The van der Waals surface area contributed by atoms with Crippen LogP contribution in [0.5, 0.6) is 0 Å². The highest BCUT2D eigenvalue weighted by Crippen LogP contribution is 2.57. The summed E-state index contributed by atoms with van der Waals surface area (Å²) in [7, 11) is 0. The average molecular weight is 501 g/mol. The van der Waals surface area contributed by atoms with Gasteiger partial charge in [0.15, 0.2) is 5.60 Å². The summed E-state index contributed by atoms with van der Waals surface area (Å²) >= 11 is 5.23. The average Bonchev–Trinajstić information content (AvgIpc) is 3.54. The fourth-order valence-electron chi connectivity index (χ4n) is 4.69. The number of aromatic amines is 1. The van der Waals surface area contributed by atoms with Gasteiger partial charge < -0.3 is 10.1 Å². The molecule has 0 bridgehead atoms. The van der Waals surface area contributed by atoms with E-state index in [9.17, 15) is 5.11 Å². The molecule has 1 atom stereocenters. The minimum atomic E-state index is -1.49. The molecular weight excluding hydrogens is 480 g/mol. The number of thiophene rings is 1. The normalized spacial score (nSPS) is 13.6. The van der Waals surface area contributed by atoms with Gasteiger partial charge in [-0.25, -0.2) is 4.98 Å². The van der Waals surface area contributed by atoms with Gasteiger partial charge in [-0.15, -0.1) is 11.3 Å². The van der Waals surface area contributed by atoms with Gasteiger partial charge in [-0.2, -0.15) is 0 Å². The molecule has 0 spiro atoms. The minimum absolute atomic E-state index is 0.622. The summed E-state index contributed by atoms with van der Waals surface area (Å²) in [4.78, 5) is 8.33. The summed E-state index contributed by atoms with van der Waals surface area (Å²) in [6, 6.07) is 32.6. The van der Waals surface area contributed by atoms with E-state index in [1.165, 1.54) is 11.3 Å². The SMILES string of the molecule is OC(c1cnc[nH]1)(c1sccc1Br)C(c1ccccc1)(c1ccccc1)c1ccccc1. The zero-order valence-electron chi connectivity index (χ0n) is 17.2. The summed E-state index contributed by atoms with van der Waals surface area (Å²) in [6.45, 7) is 0. The Bertz CT molecular complexity index is 1190. The number of halogens is 1. The monoisotopic (exact) mass is 500 g/mol. The largest absolute Gasteiger partial charge is 0.376 e. The van der Waals surface area contributed by atoms with Crippen LogP contribution in [0.3, 0.4) is 0 Å². The Balaban J connectivity index is 2.01. The minimum Gasteiger partial charge on any atom is -0.376 e. The lowest BCUT2D eigenvalue weighted by Crippen LogP contribution is -2.52. The summed E-state index contributed by atoms with van der Waals surface area (Å²) < 4.78 is 0.853. The molecule has 2 N–H and O–H groups in total. The highest BCUT2D eigenvalue weighted by atomic mass is 79.9. The molecule has 2 aromatic heterocycles. The molecule has 3 aromatic carbocycles. The predicted molar refractivity (Wildman–Crippen MR) is 133 cm³/mol. The van der Waals surface area contributed by atoms with E-state index in [2.05, 4.69) is 62.3 Å². The number of H-pyrrole nitrogens is 1. The first-order valence-electron chi connectivity index (χ1n) is 10.3. The van der Waals surface area contributed by atoms with Crippen molar-refractivity contribution >= 4 is 27.3 Å². The molecule has 2 heterocycles. The second kappa shape index (κ2) is 8.51. The van der Waals surface area contributed by atoms with Crippen LogP contribution in [-0.2, 0) is 11.0 Å². The van der Waals surface area contributed by atoms with Crippen LogP contribution >= 0.6 is 27.3 Å². The maximum Gasteiger partial charge on any atom is 0.159 e. The molecule has 5 aromatic rings. The first-order valence-corrected chi connectivity index (χ1v) is 12.0. The Morgan fingerprint density at radius 2 is 1.25 bits per heavy atom. The van der Waals surface area contributed by atoms with Gasteiger partial charge in [-0.1, -0.05) is 91.0 Å². The number of nitrogens with zero attached hydrogens (tertiary/aromatic N) is 1. The molecule has 5 rings (SSSR count). The maximum absolute atomic E-state index is 13.1. The van der Waals surface area contributed by atoms with Crippen LogP contribution in [-0.4, -0.2) is 15.1 Å². The molecule has 32 heavy (non-hydrogen) atoms. The van der Waals surface area contributed by atoms with Gasteiger partial charge in [0.25, 0.3) is 0 Å². The highest BCUT2D eigenvalue weighted by Gasteiger charge is 2.58. The zero-order valence-corrected chi connectivity index (χ0v) is 19.6. The van der Waals surface area contributed by atoms with Crippen molar-refractivity contribution in [1.29, 1.82) is 0 Å². The van der Waals surface area contributed by atoms with Crippen molar-refractivity contribution in [2.24, 2.45) is 0 Å². The lowest BCUT2D eigenvalue weighted by atomic mass is 9.58. The van der Waals surface area contributed by atoms with Crippen molar-refractivity contribution in [3.05, 3.63) is 147 Å². The van der Waals surface area contributed by atoms with Gasteiger partial charge in [-0.05, 0) is 44.1 Å². The zero-order chi connectivity index (χ0) is 22.0. The van der Waals surface area contributed by atoms with Crippen molar-refractivity contribution in [3.63, 3.8) is 0 Å². The summed E-state index contributed by atoms with van der Waals surface area (Å²) in [5.74, 6) is 0. The number of benzene rings is 3. The van der Waals surface area contributed by atoms with Crippen molar-refractivity contribution in [1.82, 2.24) is 9.97 Å². The van der Waals surface area contributed by atoms with Crippen molar-refractivity contribution in [2.75, 3.05) is 0 Å². The summed E-state index contributed by atoms with van der Waals surface area (Å²) in [6.07, 6.45) is 3.34. The molecule has 0 aliphatic rings. The molecule has 0 saturated carbocycles. The Morgan fingerprint density at radius 3 is 1.62 bits per heavy atom. The Labute approximate surface area is 199 Å². The van der Waals surface area contributed by atoms with E-state index in [0.29, 0.717) is 5.69 Å². The summed E-state index contributed by atoms with van der Waals surface area (Å²) in [5, 5.41) is 15.1. The molecule has 0 saturated heterocycles. The van der Waals surface area contributed by atoms with E-state index in [1.54, 1.807) is 12.5 Å². The summed E-state index contributed by atoms with van der Waals surface area (Å²) in [5.41, 5.74) is 1.12. The Kier molecular flexibility index (Phi) is 5.55. The molecule has 0 aliphatic heterocycles. The van der Waals surface area contributed by atoms with Gasteiger partial charge in [0.1, 0.15) is 0 Å². The number of hydrogen-bond donors (Lipinski definition) is 2. The van der Waals surface area contributed by atoms with Crippen molar-refractivity contribution in [2.45, 2.75) is 11.0 Å². The van der Waals surface area contributed by atoms with E-state index in [-0.39, 0.29) is 0 Å². The van der Waals surface area contributed by atoms with E-state index in [0.717, 1.165) is 26.0 Å². The number of aromatic nitrogens is 2. The molecular formula is C27H21BrN2OS. The lowest BCUT2D eigenvalue weighted by Gasteiger charge is -2.48.